The molecule has 2 N–H and O–H groups in total. The summed E-state index contributed by atoms with van der Waals surface area (Å²) in [6.45, 7) is 2.14. The molecule has 6 heteroatoms. The number of aromatic hydroxyl groups is 1. The van der Waals surface area contributed by atoms with Gasteiger partial charge in [-0.15, -0.1) is 0 Å². The second-order valence-corrected chi connectivity index (χ2v) is 6.05. The molecule has 0 fully saturated rings. The molecule has 0 aliphatic carbocycles. The molecule has 2 aromatic rings. The molecular weight excluding hydrogens is 276 g/mol. The molecule has 0 aliphatic heterocycles. The molecule has 0 unspecified atom stereocenters. The van der Waals surface area contributed by atoms with E-state index in [4.69, 9.17) is 0 Å². The molecular formula is C14H16N2O3S. The van der Waals surface area contributed by atoms with Crippen molar-refractivity contribution in [2.75, 3.05) is 0 Å². The molecule has 0 spiro atoms. The summed E-state index contributed by atoms with van der Waals surface area (Å²) in [6, 6.07) is 9.15. The number of phenols is 1. The van der Waals surface area contributed by atoms with Crippen molar-refractivity contribution in [1.82, 2.24) is 9.71 Å². The molecule has 0 amide bonds. The smallest absolute Gasteiger partial charge is 0.240 e. The fourth-order valence-electron chi connectivity index (χ4n) is 1.82. The number of pyridine rings is 1. The predicted molar refractivity (Wildman–Crippen MR) is 75.7 cm³/mol. The molecule has 0 aliphatic rings. The van der Waals surface area contributed by atoms with Crippen molar-refractivity contribution in [3.63, 3.8) is 0 Å². The van der Waals surface area contributed by atoms with E-state index in [1.165, 1.54) is 24.3 Å². The van der Waals surface area contributed by atoms with Gasteiger partial charge in [-0.1, -0.05) is 13.0 Å². The average Bonchev–Trinajstić information content (AvgIpc) is 2.46. The number of aryl methyl sites for hydroxylation is 1. The highest BCUT2D eigenvalue weighted by atomic mass is 32.2. The third kappa shape index (κ3) is 3.34. The van der Waals surface area contributed by atoms with Gasteiger partial charge in [0.25, 0.3) is 0 Å². The van der Waals surface area contributed by atoms with Gasteiger partial charge in [-0.05, 0) is 42.3 Å². The fraction of sp³-hybridized carbons (Fsp3) is 0.214. The van der Waals surface area contributed by atoms with Gasteiger partial charge in [-0.25, -0.2) is 13.1 Å². The van der Waals surface area contributed by atoms with E-state index in [-0.39, 0.29) is 17.2 Å². The Morgan fingerprint density at radius 1 is 1.20 bits per heavy atom. The maximum absolute atomic E-state index is 12.1. The van der Waals surface area contributed by atoms with Crippen molar-refractivity contribution in [1.29, 1.82) is 0 Å². The summed E-state index contributed by atoms with van der Waals surface area (Å²) < 4.78 is 26.7. The first-order valence-corrected chi connectivity index (χ1v) is 7.72. The van der Waals surface area contributed by atoms with Crippen LogP contribution in [0.15, 0.2) is 47.5 Å². The van der Waals surface area contributed by atoms with Crippen molar-refractivity contribution < 1.29 is 13.5 Å². The van der Waals surface area contributed by atoms with Crippen molar-refractivity contribution >= 4 is 10.0 Å². The van der Waals surface area contributed by atoms with E-state index in [1.807, 2.05) is 19.1 Å². The minimum Gasteiger partial charge on any atom is -0.508 e. The molecule has 0 saturated heterocycles. The number of rotatable bonds is 5. The number of hydrogen-bond donors (Lipinski definition) is 2. The number of sulfonamides is 1. The quantitative estimate of drug-likeness (QED) is 0.881. The van der Waals surface area contributed by atoms with Gasteiger partial charge in [0, 0.05) is 6.20 Å². The zero-order valence-corrected chi connectivity index (χ0v) is 11.9. The molecule has 2 rings (SSSR count). The minimum absolute atomic E-state index is 0.0296. The highest BCUT2D eigenvalue weighted by Gasteiger charge is 2.14. The van der Waals surface area contributed by atoms with E-state index in [1.54, 1.807) is 6.20 Å². The van der Waals surface area contributed by atoms with Gasteiger partial charge in [0.1, 0.15) is 5.75 Å². The van der Waals surface area contributed by atoms with Crippen molar-refractivity contribution in [3.8, 4) is 5.75 Å². The van der Waals surface area contributed by atoms with Crippen LogP contribution in [0.25, 0.3) is 0 Å². The molecule has 0 atom stereocenters. The third-order valence-electron chi connectivity index (χ3n) is 2.94. The van der Waals surface area contributed by atoms with Crippen LogP contribution in [0, 0.1) is 0 Å². The summed E-state index contributed by atoms with van der Waals surface area (Å²) in [5.41, 5.74) is 1.73. The van der Waals surface area contributed by atoms with Crippen LogP contribution in [0.5, 0.6) is 5.75 Å². The van der Waals surface area contributed by atoms with E-state index in [2.05, 4.69) is 9.71 Å². The highest BCUT2D eigenvalue weighted by molar-refractivity contribution is 7.89. The Kier molecular flexibility index (Phi) is 4.36. The molecule has 20 heavy (non-hydrogen) atoms. The average molecular weight is 292 g/mol. The summed E-state index contributed by atoms with van der Waals surface area (Å²) >= 11 is 0. The molecule has 1 heterocycles. The molecule has 0 saturated carbocycles. The predicted octanol–water partition coefficient (Wildman–Crippen LogP) is 1.83. The first-order chi connectivity index (χ1) is 9.53. The normalized spacial score (nSPS) is 11.4. The minimum atomic E-state index is -3.60. The van der Waals surface area contributed by atoms with E-state index in [0.29, 0.717) is 0 Å². The SMILES string of the molecule is CCc1cccnc1CNS(=O)(=O)c1ccc(O)cc1. The summed E-state index contributed by atoms with van der Waals surface area (Å²) in [4.78, 5) is 4.31. The second kappa shape index (κ2) is 6.02. The van der Waals surface area contributed by atoms with Crippen LogP contribution in [-0.4, -0.2) is 18.5 Å². The topological polar surface area (TPSA) is 79.3 Å². The van der Waals surface area contributed by atoms with Crippen LogP contribution in [0.4, 0.5) is 0 Å². The maximum atomic E-state index is 12.1. The van der Waals surface area contributed by atoms with Crippen molar-refractivity contribution in [2.45, 2.75) is 24.8 Å². The molecule has 1 aromatic heterocycles. The van der Waals surface area contributed by atoms with Gasteiger partial charge < -0.3 is 5.11 Å². The van der Waals surface area contributed by atoms with Gasteiger partial charge in [0.05, 0.1) is 17.1 Å². The van der Waals surface area contributed by atoms with Crippen LogP contribution in [0.1, 0.15) is 18.2 Å². The summed E-state index contributed by atoms with van der Waals surface area (Å²) in [5, 5.41) is 9.17. The Morgan fingerprint density at radius 3 is 2.55 bits per heavy atom. The van der Waals surface area contributed by atoms with Gasteiger partial charge in [0.2, 0.25) is 10.0 Å². The van der Waals surface area contributed by atoms with Crippen molar-refractivity contribution in [3.05, 3.63) is 53.9 Å². The van der Waals surface area contributed by atoms with Crippen molar-refractivity contribution in [2.24, 2.45) is 0 Å². The van der Waals surface area contributed by atoms with Crippen LogP contribution < -0.4 is 4.72 Å². The van der Waals surface area contributed by atoms with Gasteiger partial charge in [-0.3, -0.25) is 4.98 Å². The number of hydrogen-bond acceptors (Lipinski definition) is 4. The van der Waals surface area contributed by atoms with Gasteiger partial charge in [0.15, 0.2) is 0 Å². The first kappa shape index (κ1) is 14.5. The molecule has 5 nitrogen and oxygen atoms in total. The molecule has 1 aromatic carbocycles. The number of nitrogens with zero attached hydrogens (tertiary/aromatic N) is 1. The number of nitrogens with one attached hydrogen (secondary N) is 1. The Labute approximate surface area is 118 Å². The molecule has 0 bridgehead atoms. The summed E-state index contributed by atoms with van der Waals surface area (Å²) in [6.07, 6.45) is 2.44. The van der Waals surface area contributed by atoms with Gasteiger partial charge >= 0.3 is 0 Å². The molecule has 0 radical (unpaired) electrons. The third-order valence-corrected chi connectivity index (χ3v) is 4.36. The Balaban J connectivity index is 2.15. The zero-order chi connectivity index (χ0) is 14.6. The Hall–Kier alpha value is -1.92. The number of benzene rings is 1. The van der Waals surface area contributed by atoms with Crippen LogP contribution in [0.3, 0.4) is 0 Å². The fourth-order valence-corrected chi connectivity index (χ4v) is 2.81. The monoisotopic (exact) mass is 292 g/mol. The lowest BCUT2D eigenvalue weighted by molar-refractivity contribution is 0.474. The highest BCUT2D eigenvalue weighted by Crippen LogP contribution is 2.15. The maximum Gasteiger partial charge on any atom is 0.240 e. The van der Waals surface area contributed by atoms with Crippen LogP contribution >= 0.6 is 0 Å². The van der Waals surface area contributed by atoms with Gasteiger partial charge in [-0.2, -0.15) is 0 Å². The lowest BCUT2D eigenvalue weighted by Crippen LogP contribution is -2.24. The molecule has 106 valence electrons. The first-order valence-electron chi connectivity index (χ1n) is 6.24. The lowest BCUT2D eigenvalue weighted by Gasteiger charge is -2.09. The van der Waals surface area contributed by atoms with E-state index >= 15 is 0 Å². The van der Waals surface area contributed by atoms with E-state index in [0.717, 1.165) is 17.7 Å². The number of aromatic nitrogens is 1. The number of phenolic OH excluding ortho intramolecular Hbond substituents is 1. The Morgan fingerprint density at radius 2 is 1.90 bits per heavy atom. The van der Waals surface area contributed by atoms with E-state index < -0.39 is 10.0 Å². The lowest BCUT2D eigenvalue weighted by atomic mass is 10.1. The van der Waals surface area contributed by atoms with Crippen LogP contribution in [-0.2, 0) is 23.0 Å². The summed E-state index contributed by atoms with van der Waals surface area (Å²) in [5.74, 6) is 0.0296. The standard InChI is InChI=1S/C14H16N2O3S/c1-2-11-4-3-9-15-14(11)10-16-20(18,19)13-7-5-12(17)6-8-13/h3-9,16-17H,2,10H2,1H3. The Bertz CT molecular complexity index is 682. The largest absolute Gasteiger partial charge is 0.508 e. The van der Waals surface area contributed by atoms with E-state index in [9.17, 15) is 13.5 Å². The summed E-state index contributed by atoms with van der Waals surface area (Å²) in [7, 11) is -3.60. The second-order valence-electron chi connectivity index (χ2n) is 4.28. The zero-order valence-electron chi connectivity index (χ0n) is 11.1. The van der Waals surface area contributed by atoms with Crippen LogP contribution in [0.2, 0.25) is 0 Å².